The number of ether oxygens (including phenoxy) is 3. The molecule has 1 aliphatic heterocycles. The Balaban J connectivity index is 1.73. The summed E-state index contributed by atoms with van der Waals surface area (Å²) in [7, 11) is 1.72. The summed E-state index contributed by atoms with van der Waals surface area (Å²) in [6.45, 7) is 5.28. The van der Waals surface area contributed by atoms with Crippen molar-refractivity contribution in [2.45, 2.75) is 25.4 Å². The van der Waals surface area contributed by atoms with E-state index in [-0.39, 0.29) is 0 Å². The Kier molecular flexibility index (Phi) is 7.83. The van der Waals surface area contributed by atoms with Crippen molar-refractivity contribution in [2.24, 2.45) is 0 Å². The average molecular weight is 217 g/mol. The van der Waals surface area contributed by atoms with Gasteiger partial charge in [-0.15, -0.1) is 0 Å². The van der Waals surface area contributed by atoms with Gasteiger partial charge in [-0.05, 0) is 25.8 Å². The highest BCUT2D eigenvalue weighted by Gasteiger charge is 2.14. The molecule has 4 nitrogen and oxygen atoms in total. The lowest BCUT2D eigenvalue weighted by molar-refractivity contribution is 0.0408. The van der Waals surface area contributed by atoms with Gasteiger partial charge >= 0.3 is 0 Å². The van der Waals surface area contributed by atoms with Gasteiger partial charge in [-0.1, -0.05) is 0 Å². The maximum atomic E-state index is 5.65. The second kappa shape index (κ2) is 9.09. The largest absolute Gasteiger partial charge is 0.383 e. The van der Waals surface area contributed by atoms with Gasteiger partial charge in [0.15, 0.2) is 0 Å². The van der Waals surface area contributed by atoms with Crippen LogP contribution >= 0.6 is 0 Å². The molecule has 0 radical (unpaired) electrons. The standard InChI is InChI=1S/C11H23NO3/c1-13-9-6-12-5-2-3-7-15-11-4-8-14-10-11/h11-12H,2-10H2,1H3. The summed E-state index contributed by atoms with van der Waals surface area (Å²) in [6, 6.07) is 0. The van der Waals surface area contributed by atoms with E-state index in [1.165, 1.54) is 0 Å². The molecule has 0 aromatic heterocycles. The highest BCUT2D eigenvalue weighted by atomic mass is 16.5. The van der Waals surface area contributed by atoms with Crippen molar-refractivity contribution >= 4 is 0 Å². The van der Waals surface area contributed by atoms with Crippen LogP contribution < -0.4 is 5.32 Å². The molecular formula is C11H23NO3. The lowest BCUT2D eigenvalue weighted by Gasteiger charge is -2.09. The Morgan fingerprint density at radius 2 is 2.20 bits per heavy atom. The van der Waals surface area contributed by atoms with Gasteiger partial charge in [0.2, 0.25) is 0 Å². The lowest BCUT2D eigenvalue weighted by Crippen LogP contribution is -2.21. The fourth-order valence-corrected chi connectivity index (χ4v) is 1.55. The van der Waals surface area contributed by atoms with Crippen LogP contribution in [0.5, 0.6) is 0 Å². The Morgan fingerprint density at radius 3 is 2.93 bits per heavy atom. The van der Waals surface area contributed by atoms with E-state index in [1.54, 1.807) is 7.11 Å². The van der Waals surface area contributed by atoms with Crippen LogP contribution in [-0.4, -0.2) is 52.7 Å². The third kappa shape index (κ3) is 6.84. The molecule has 0 spiro atoms. The fourth-order valence-electron chi connectivity index (χ4n) is 1.55. The van der Waals surface area contributed by atoms with Crippen molar-refractivity contribution in [3.63, 3.8) is 0 Å². The molecular weight excluding hydrogens is 194 g/mol. The molecule has 1 unspecified atom stereocenters. The molecule has 1 aliphatic rings. The first kappa shape index (κ1) is 12.9. The van der Waals surface area contributed by atoms with Crippen LogP contribution in [0.2, 0.25) is 0 Å². The Labute approximate surface area is 92.3 Å². The quantitative estimate of drug-likeness (QED) is 0.580. The molecule has 1 rings (SSSR count). The van der Waals surface area contributed by atoms with E-state index in [4.69, 9.17) is 14.2 Å². The predicted octanol–water partition coefficient (Wildman–Crippen LogP) is 0.808. The van der Waals surface area contributed by atoms with Crippen molar-refractivity contribution in [1.82, 2.24) is 5.32 Å². The molecule has 0 saturated carbocycles. The van der Waals surface area contributed by atoms with Crippen LogP contribution in [0.25, 0.3) is 0 Å². The van der Waals surface area contributed by atoms with E-state index < -0.39 is 0 Å². The second-order valence-corrected chi connectivity index (χ2v) is 3.81. The number of nitrogens with one attached hydrogen (secondary N) is 1. The zero-order valence-corrected chi connectivity index (χ0v) is 9.67. The minimum atomic E-state index is 0.353. The van der Waals surface area contributed by atoms with E-state index in [1.807, 2.05) is 0 Å². The van der Waals surface area contributed by atoms with E-state index in [9.17, 15) is 0 Å². The molecule has 0 aliphatic carbocycles. The maximum absolute atomic E-state index is 5.65. The molecule has 0 aromatic rings. The molecule has 1 N–H and O–H groups in total. The normalized spacial score (nSPS) is 21.0. The molecule has 1 heterocycles. The highest BCUT2D eigenvalue weighted by Crippen LogP contribution is 2.08. The lowest BCUT2D eigenvalue weighted by atomic mass is 10.3. The molecule has 1 saturated heterocycles. The van der Waals surface area contributed by atoms with Gasteiger partial charge in [0, 0.05) is 26.9 Å². The first-order valence-corrected chi connectivity index (χ1v) is 5.82. The van der Waals surface area contributed by atoms with Gasteiger partial charge in [-0.25, -0.2) is 0 Å². The van der Waals surface area contributed by atoms with Crippen LogP contribution in [0, 0.1) is 0 Å². The summed E-state index contributed by atoms with van der Waals surface area (Å²) in [5, 5.41) is 3.31. The van der Waals surface area contributed by atoms with Gasteiger partial charge < -0.3 is 19.5 Å². The van der Waals surface area contributed by atoms with Gasteiger partial charge in [0.1, 0.15) is 0 Å². The van der Waals surface area contributed by atoms with Crippen molar-refractivity contribution in [1.29, 1.82) is 0 Å². The SMILES string of the molecule is COCCNCCCCOC1CCOC1. The van der Waals surface area contributed by atoms with Crippen LogP contribution in [0.15, 0.2) is 0 Å². The van der Waals surface area contributed by atoms with Crippen molar-refractivity contribution in [3.05, 3.63) is 0 Å². The number of rotatable bonds is 9. The summed E-state index contributed by atoms with van der Waals surface area (Å²) in [5.41, 5.74) is 0. The molecule has 1 fully saturated rings. The zero-order chi connectivity index (χ0) is 10.8. The summed E-state index contributed by atoms with van der Waals surface area (Å²) in [6.07, 6.45) is 3.70. The molecule has 0 bridgehead atoms. The molecule has 90 valence electrons. The van der Waals surface area contributed by atoms with Crippen LogP contribution in [0.1, 0.15) is 19.3 Å². The fraction of sp³-hybridized carbons (Fsp3) is 1.00. The third-order valence-corrected chi connectivity index (χ3v) is 2.47. The number of hydrogen-bond acceptors (Lipinski definition) is 4. The smallest absolute Gasteiger partial charge is 0.0830 e. The Morgan fingerprint density at radius 1 is 1.27 bits per heavy atom. The van der Waals surface area contributed by atoms with Gasteiger partial charge in [-0.3, -0.25) is 0 Å². The highest BCUT2D eigenvalue weighted by molar-refractivity contribution is 4.62. The van der Waals surface area contributed by atoms with Crippen LogP contribution in [0.4, 0.5) is 0 Å². The number of unbranched alkanes of at least 4 members (excludes halogenated alkanes) is 1. The number of hydrogen-bond donors (Lipinski definition) is 1. The first-order valence-electron chi connectivity index (χ1n) is 5.82. The molecule has 0 aromatic carbocycles. The number of methoxy groups -OCH3 is 1. The minimum Gasteiger partial charge on any atom is -0.383 e. The van der Waals surface area contributed by atoms with Crippen molar-refractivity contribution < 1.29 is 14.2 Å². The van der Waals surface area contributed by atoms with Crippen molar-refractivity contribution in [2.75, 3.05) is 46.6 Å². The van der Waals surface area contributed by atoms with Crippen LogP contribution in [0.3, 0.4) is 0 Å². The Hall–Kier alpha value is -0.160. The van der Waals surface area contributed by atoms with Gasteiger partial charge in [0.25, 0.3) is 0 Å². The van der Waals surface area contributed by atoms with E-state index in [2.05, 4.69) is 5.32 Å². The topological polar surface area (TPSA) is 39.7 Å². The average Bonchev–Trinajstić information content (AvgIpc) is 2.75. The monoisotopic (exact) mass is 217 g/mol. The summed E-state index contributed by atoms with van der Waals surface area (Å²) < 4.78 is 15.8. The van der Waals surface area contributed by atoms with Gasteiger partial charge in [-0.2, -0.15) is 0 Å². The second-order valence-electron chi connectivity index (χ2n) is 3.81. The molecule has 15 heavy (non-hydrogen) atoms. The summed E-state index contributed by atoms with van der Waals surface area (Å²) in [4.78, 5) is 0. The van der Waals surface area contributed by atoms with Crippen LogP contribution in [-0.2, 0) is 14.2 Å². The van der Waals surface area contributed by atoms with Crippen molar-refractivity contribution in [3.8, 4) is 0 Å². The molecule has 0 amide bonds. The molecule has 1 atom stereocenters. The first-order chi connectivity index (χ1) is 7.43. The minimum absolute atomic E-state index is 0.353. The predicted molar refractivity (Wildman–Crippen MR) is 59.2 cm³/mol. The summed E-state index contributed by atoms with van der Waals surface area (Å²) in [5.74, 6) is 0. The van der Waals surface area contributed by atoms with E-state index >= 15 is 0 Å². The van der Waals surface area contributed by atoms with E-state index in [0.29, 0.717) is 6.10 Å². The van der Waals surface area contributed by atoms with Gasteiger partial charge in [0.05, 0.1) is 19.3 Å². The van der Waals surface area contributed by atoms with E-state index in [0.717, 1.165) is 58.8 Å². The summed E-state index contributed by atoms with van der Waals surface area (Å²) >= 11 is 0. The zero-order valence-electron chi connectivity index (χ0n) is 9.67. The third-order valence-electron chi connectivity index (χ3n) is 2.47. The Bertz CT molecular complexity index is 138. The maximum Gasteiger partial charge on any atom is 0.0830 e. The molecule has 4 heteroatoms.